The Morgan fingerprint density at radius 2 is 1.81 bits per heavy atom. The number of aromatic amines is 1. The highest BCUT2D eigenvalue weighted by molar-refractivity contribution is 5.86. The third-order valence-corrected chi connectivity index (χ3v) is 4.91. The van der Waals surface area contributed by atoms with Gasteiger partial charge in [-0.25, -0.2) is 9.97 Å². The van der Waals surface area contributed by atoms with E-state index in [1.165, 1.54) is 0 Å². The zero-order chi connectivity index (χ0) is 14.6. The van der Waals surface area contributed by atoms with E-state index in [4.69, 9.17) is 0 Å². The summed E-state index contributed by atoms with van der Waals surface area (Å²) in [5.74, 6) is 2.58. The first-order valence-corrected chi connectivity index (χ1v) is 7.54. The van der Waals surface area contributed by atoms with Gasteiger partial charge in [0, 0.05) is 19.3 Å². The van der Waals surface area contributed by atoms with Crippen LogP contribution < -0.4 is 4.90 Å². The average Bonchev–Trinajstić information content (AvgIpc) is 3.04. The van der Waals surface area contributed by atoms with Crippen molar-refractivity contribution >= 4 is 16.9 Å². The molecule has 3 heterocycles. The number of hydrogen-bond acceptors (Lipinski definition) is 5. The average molecular weight is 288 g/mol. The number of aryl methyl sites for hydroxylation is 1. The second-order valence-corrected chi connectivity index (χ2v) is 6.36. The van der Waals surface area contributed by atoms with Gasteiger partial charge in [0.25, 0.3) is 0 Å². The third kappa shape index (κ3) is 2.10. The molecule has 1 saturated heterocycles. The highest BCUT2D eigenvalue weighted by Gasteiger charge is 2.41. The molecule has 0 spiro atoms. The number of nitrogens with zero attached hydrogens (tertiary/aromatic N) is 3. The van der Waals surface area contributed by atoms with Gasteiger partial charge in [0.05, 0.1) is 17.7 Å². The number of aliphatic hydroxyl groups is 2. The fraction of sp³-hybridized carbons (Fsp3) is 0.600. The molecule has 0 radical (unpaired) electrons. The van der Waals surface area contributed by atoms with E-state index in [0.29, 0.717) is 24.7 Å². The van der Waals surface area contributed by atoms with Crippen molar-refractivity contribution in [3.63, 3.8) is 0 Å². The molecule has 112 valence electrons. The molecule has 0 bridgehead atoms. The highest BCUT2D eigenvalue weighted by Crippen LogP contribution is 2.39. The molecule has 2 aromatic heterocycles. The summed E-state index contributed by atoms with van der Waals surface area (Å²) < 4.78 is 0. The van der Waals surface area contributed by atoms with Gasteiger partial charge in [0.2, 0.25) is 0 Å². The van der Waals surface area contributed by atoms with Crippen LogP contribution in [0.25, 0.3) is 11.0 Å². The summed E-state index contributed by atoms with van der Waals surface area (Å²) in [6.07, 6.45) is 2.09. The Bertz CT molecular complexity index is 653. The Labute approximate surface area is 122 Å². The van der Waals surface area contributed by atoms with Crippen LogP contribution in [0.2, 0.25) is 0 Å². The largest absolute Gasteiger partial charge is 0.390 e. The third-order valence-electron chi connectivity index (χ3n) is 4.91. The maximum atomic E-state index is 9.86. The van der Waals surface area contributed by atoms with Gasteiger partial charge in [-0.05, 0) is 37.7 Å². The Balaban J connectivity index is 1.67. The van der Waals surface area contributed by atoms with Crippen LogP contribution in [0.5, 0.6) is 0 Å². The second kappa shape index (κ2) is 4.68. The van der Waals surface area contributed by atoms with E-state index in [1.54, 1.807) is 0 Å². The van der Waals surface area contributed by atoms with Gasteiger partial charge in [-0.2, -0.15) is 0 Å². The summed E-state index contributed by atoms with van der Waals surface area (Å²) in [5.41, 5.74) is 1.91. The molecule has 0 aromatic carbocycles. The SMILES string of the molecule is Cc1nc(N2C[C@H]3C[C@H](O)[C@H](O)C[C@H]3C2)c2[nH]ccc2n1. The topological polar surface area (TPSA) is 85.3 Å². The minimum absolute atomic E-state index is 0.434. The van der Waals surface area contributed by atoms with Crippen LogP contribution in [0.3, 0.4) is 0 Å². The molecule has 1 aliphatic heterocycles. The number of aromatic nitrogens is 3. The van der Waals surface area contributed by atoms with Gasteiger partial charge in [0.15, 0.2) is 5.82 Å². The van der Waals surface area contributed by atoms with E-state index < -0.39 is 12.2 Å². The molecule has 1 aliphatic carbocycles. The first-order chi connectivity index (χ1) is 10.1. The number of rotatable bonds is 1. The van der Waals surface area contributed by atoms with E-state index in [2.05, 4.69) is 19.9 Å². The lowest BCUT2D eigenvalue weighted by molar-refractivity contribution is -0.0372. The maximum absolute atomic E-state index is 9.86. The van der Waals surface area contributed by atoms with Crippen LogP contribution in [0, 0.1) is 18.8 Å². The van der Waals surface area contributed by atoms with Gasteiger partial charge in [-0.1, -0.05) is 0 Å². The molecule has 2 fully saturated rings. The summed E-state index contributed by atoms with van der Waals surface area (Å²) in [4.78, 5) is 14.5. The predicted molar refractivity (Wildman–Crippen MR) is 79.1 cm³/mol. The van der Waals surface area contributed by atoms with E-state index in [1.807, 2.05) is 19.2 Å². The maximum Gasteiger partial charge on any atom is 0.156 e. The highest BCUT2D eigenvalue weighted by atomic mass is 16.3. The first kappa shape index (κ1) is 13.0. The molecule has 0 amide bonds. The molecule has 4 rings (SSSR count). The molecule has 0 unspecified atom stereocenters. The number of hydrogen-bond donors (Lipinski definition) is 3. The molecule has 2 aromatic rings. The van der Waals surface area contributed by atoms with Crippen molar-refractivity contribution in [1.29, 1.82) is 0 Å². The minimum atomic E-state index is -0.580. The van der Waals surface area contributed by atoms with Crippen LogP contribution in [0.4, 0.5) is 5.82 Å². The molecule has 21 heavy (non-hydrogen) atoms. The smallest absolute Gasteiger partial charge is 0.156 e. The van der Waals surface area contributed by atoms with Gasteiger partial charge < -0.3 is 20.1 Å². The number of H-pyrrole nitrogens is 1. The van der Waals surface area contributed by atoms with Crippen LogP contribution in [-0.4, -0.2) is 50.5 Å². The van der Waals surface area contributed by atoms with E-state index in [9.17, 15) is 10.2 Å². The number of aliphatic hydroxyl groups excluding tert-OH is 2. The molecule has 2 aliphatic rings. The lowest BCUT2D eigenvalue weighted by atomic mass is 9.79. The molecule has 6 nitrogen and oxygen atoms in total. The normalized spacial score (nSPS) is 32.6. The van der Waals surface area contributed by atoms with Crippen molar-refractivity contribution in [2.75, 3.05) is 18.0 Å². The van der Waals surface area contributed by atoms with Gasteiger partial charge in [-0.15, -0.1) is 0 Å². The Hall–Kier alpha value is -1.66. The lowest BCUT2D eigenvalue weighted by Crippen LogP contribution is -2.38. The van der Waals surface area contributed by atoms with E-state index in [0.717, 1.165) is 35.8 Å². The van der Waals surface area contributed by atoms with E-state index in [-0.39, 0.29) is 0 Å². The van der Waals surface area contributed by atoms with Gasteiger partial charge >= 0.3 is 0 Å². The van der Waals surface area contributed by atoms with Crippen molar-refractivity contribution in [2.24, 2.45) is 11.8 Å². The van der Waals surface area contributed by atoms with Crippen molar-refractivity contribution in [2.45, 2.75) is 32.0 Å². The Morgan fingerprint density at radius 1 is 1.14 bits per heavy atom. The Kier molecular flexibility index (Phi) is 2.90. The number of nitrogens with one attached hydrogen (secondary N) is 1. The first-order valence-electron chi connectivity index (χ1n) is 7.54. The molecular weight excluding hydrogens is 268 g/mol. The lowest BCUT2D eigenvalue weighted by Gasteiger charge is -2.31. The monoisotopic (exact) mass is 288 g/mol. The van der Waals surface area contributed by atoms with Crippen LogP contribution in [0.1, 0.15) is 18.7 Å². The Morgan fingerprint density at radius 3 is 2.48 bits per heavy atom. The van der Waals surface area contributed by atoms with Crippen molar-refractivity contribution in [3.05, 3.63) is 18.1 Å². The fourth-order valence-electron chi connectivity index (χ4n) is 3.85. The molecule has 6 heteroatoms. The minimum Gasteiger partial charge on any atom is -0.390 e. The standard InChI is InChI=1S/C15H20N4O2/c1-8-17-11-2-3-16-14(11)15(18-8)19-6-9-4-12(20)13(21)5-10(9)7-19/h2-3,9-10,12-13,16,20-21H,4-7H2,1H3/t9-,10+,12+,13-. The van der Waals surface area contributed by atoms with Gasteiger partial charge in [0.1, 0.15) is 11.3 Å². The summed E-state index contributed by atoms with van der Waals surface area (Å²) in [6.45, 7) is 3.69. The summed E-state index contributed by atoms with van der Waals surface area (Å²) in [7, 11) is 0. The molecule has 4 atom stereocenters. The molecule has 1 saturated carbocycles. The zero-order valence-corrected chi connectivity index (χ0v) is 12.0. The van der Waals surface area contributed by atoms with Crippen LogP contribution in [-0.2, 0) is 0 Å². The van der Waals surface area contributed by atoms with Crippen molar-refractivity contribution in [3.8, 4) is 0 Å². The number of fused-ring (bicyclic) bond motifs is 2. The second-order valence-electron chi connectivity index (χ2n) is 6.36. The zero-order valence-electron chi connectivity index (χ0n) is 12.0. The number of anilines is 1. The van der Waals surface area contributed by atoms with Crippen LogP contribution >= 0.6 is 0 Å². The predicted octanol–water partition coefficient (Wildman–Crippen LogP) is 0.834. The van der Waals surface area contributed by atoms with Crippen LogP contribution in [0.15, 0.2) is 12.3 Å². The van der Waals surface area contributed by atoms with Gasteiger partial charge in [-0.3, -0.25) is 0 Å². The summed E-state index contributed by atoms with van der Waals surface area (Å²) >= 11 is 0. The summed E-state index contributed by atoms with van der Waals surface area (Å²) in [6, 6.07) is 1.96. The van der Waals surface area contributed by atoms with Crippen molar-refractivity contribution in [1.82, 2.24) is 15.0 Å². The summed E-state index contributed by atoms with van der Waals surface area (Å²) in [5, 5.41) is 19.7. The fourth-order valence-corrected chi connectivity index (χ4v) is 3.85. The van der Waals surface area contributed by atoms with Crippen molar-refractivity contribution < 1.29 is 10.2 Å². The van der Waals surface area contributed by atoms with E-state index >= 15 is 0 Å². The molecular formula is C15H20N4O2. The quantitative estimate of drug-likeness (QED) is 0.724. The molecule has 3 N–H and O–H groups in total.